The molecular formula is C25H32N2O5. The second kappa shape index (κ2) is 10.0. The summed E-state index contributed by atoms with van der Waals surface area (Å²) in [5.41, 5.74) is 0.988. The number of amides is 2. The minimum Gasteiger partial charge on any atom is -0.445 e. The first-order valence-electron chi connectivity index (χ1n) is 10.9. The molecule has 1 fully saturated rings. The first kappa shape index (κ1) is 23.6. The van der Waals surface area contributed by atoms with Gasteiger partial charge in [0.1, 0.15) is 12.2 Å². The molecule has 0 radical (unpaired) electrons. The lowest BCUT2D eigenvalue weighted by molar-refractivity contribution is -0.0356. The minimum atomic E-state index is -1.03. The van der Waals surface area contributed by atoms with Crippen LogP contribution in [0.15, 0.2) is 54.6 Å². The van der Waals surface area contributed by atoms with E-state index in [0.29, 0.717) is 32.5 Å². The van der Waals surface area contributed by atoms with Crippen molar-refractivity contribution in [2.45, 2.75) is 58.0 Å². The number of hydrogen-bond acceptors (Lipinski definition) is 5. The monoisotopic (exact) mass is 440 g/mol. The molecule has 1 aliphatic heterocycles. The van der Waals surface area contributed by atoms with E-state index in [1.807, 2.05) is 75.4 Å². The van der Waals surface area contributed by atoms with Gasteiger partial charge in [0.15, 0.2) is 0 Å². The first-order chi connectivity index (χ1) is 15.1. The molecule has 0 aromatic heterocycles. The zero-order chi connectivity index (χ0) is 23.2. The number of rotatable bonds is 5. The van der Waals surface area contributed by atoms with Gasteiger partial charge >= 0.3 is 12.2 Å². The number of ether oxygens (including phenoxy) is 2. The summed E-state index contributed by atoms with van der Waals surface area (Å²) in [5.74, 6) is 0. The van der Waals surface area contributed by atoms with Gasteiger partial charge in [0.25, 0.3) is 0 Å². The Bertz CT molecular complexity index is 915. The first-order valence-corrected chi connectivity index (χ1v) is 10.9. The number of piperidine rings is 1. The van der Waals surface area contributed by atoms with Gasteiger partial charge in [-0.05, 0) is 50.3 Å². The van der Waals surface area contributed by atoms with Crippen molar-refractivity contribution < 1.29 is 24.2 Å². The van der Waals surface area contributed by atoms with E-state index in [2.05, 4.69) is 5.32 Å². The number of carbonyl (C=O) groups excluding carboxylic acids is 2. The van der Waals surface area contributed by atoms with Gasteiger partial charge in [0.05, 0.1) is 5.60 Å². The Morgan fingerprint density at radius 2 is 1.69 bits per heavy atom. The Labute approximate surface area is 189 Å². The highest BCUT2D eigenvalue weighted by molar-refractivity contribution is 5.68. The number of carbonyl (C=O) groups is 2. The summed E-state index contributed by atoms with van der Waals surface area (Å²) in [7, 11) is 0. The third-order valence-electron chi connectivity index (χ3n) is 5.36. The van der Waals surface area contributed by atoms with E-state index >= 15 is 0 Å². The molecule has 2 aromatic rings. The molecule has 0 unspecified atom stereocenters. The van der Waals surface area contributed by atoms with Gasteiger partial charge in [0, 0.05) is 19.6 Å². The van der Waals surface area contributed by atoms with E-state index in [0.717, 1.165) is 16.7 Å². The molecule has 0 bridgehead atoms. The molecule has 32 heavy (non-hydrogen) atoms. The van der Waals surface area contributed by atoms with Crippen LogP contribution >= 0.6 is 0 Å². The second-order valence-electron chi connectivity index (χ2n) is 9.11. The maximum atomic E-state index is 12.3. The fourth-order valence-corrected chi connectivity index (χ4v) is 3.59. The largest absolute Gasteiger partial charge is 0.445 e. The third kappa shape index (κ3) is 6.72. The van der Waals surface area contributed by atoms with Crippen LogP contribution in [-0.4, -0.2) is 40.9 Å². The summed E-state index contributed by atoms with van der Waals surface area (Å²) in [6.07, 6.45) is -0.0139. The number of alkyl carbamates (subject to hydrolysis) is 1. The molecule has 1 aliphatic rings. The average molecular weight is 441 g/mol. The number of hydrogen-bond donors (Lipinski definition) is 2. The van der Waals surface area contributed by atoms with Crippen LogP contribution in [0.3, 0.4) is 0 Å². The molecule has 0 atom stereocenters. The number of nitrogens with zero attached hydrogens (tertiary/aromatic N) is 1. The van der Waals surface area contributed by atoms with Crippen LogP contribution in [0.5, 0.6) is 0 Å². The standard InChI is InChI=1S/C25H32N2O5/c1-24(2,3)32-23(29)27-14-12-25(30,13-15-27)21-11-7-10-20(16-21)17-26-22(28)31-18-19-8-5-4-6-9-19/h4-11,16,30H,12-15,17-18H2,1-3H3,(H,26,28). The van der Waals surface area contributed by atoms with Gasteiger partial charge < -0.3 is 24.8 Å². The molecule has 0 aliphatic carbocycles. The smallest absolute Gasteiger partial charge is 0.410 e. The Kier molecular flexibility index (Phi) is 7.40. The topological polar surface area (TPSA) is 88.1 Å². The van der Waals surface area contributed by atoms with Crippen LogP contribution in [0, 0.1) is 0 Å². The summed E-state index contributed by atoms with van der Waals surface area (Å²) in [5, 5.41) is 13.9. The highest BCUT2D eigenvalue weighted by Crippen LogP contribution is 2.33. The van der Waals surface area contributed by atoms with Crippen molar-refractivity contribution in [3.8, 4) is 0 Å². The Hall–Kier alpha value is -3.06. The fourth-order valence-electron chi connectivity index (χ4n) is 3.59. The van der Waals surface area contributed by atoms with Crippen molar-refractivity contribution in [2.24, 2.45) is 0 Å². The van der Waals surface area contributed by atoms with Crippen LogP contribution in [-0.2, 0) is 28.2 Å². The predicted octanol–water partition coefficient (Wildman–Crippen LogP) is 4.33. The van der Waals surface area contributed by atoms with Gasteiger partial charge in [-0.15, -0.1) is 0 Å². The van der Waals surface area contributed by atoms with Gasteiger partial charge in [-0.2, -0.15) is 0 Å². The SMILES string of the molecule is CC(C)(C)OC(=O)N1CCC(O)(c2cccc(CNC(=O)OCc3ccccc3)c2)CC1. The molecule has 3 rings (SSSR count). The molecule has 1 saturated heterocycles. The van der Waals surface area contributed by atoms with Gasteiger partial charge in [-0.3, -0.25) is 0 Å². The lowest BCUT2D eigenvalue weighted by Gasteiger charge is -2.39. The summed E-state index contributed by atoms with van der Waals surface area (Å²) in [6, 6.07) is 17.0. The van der Waals surface area contributed by atoms with Crippen LogP contribution in [0.25, 0.3) is 0 Å². The molecule has 7 nitrogen and oxygen atoms in total. The van der Waals surface area contributed by atoms with Crippen LogP contribution in [0.2, 0.25) is 0 Å². The van der Waals surface area contributed by atoms with Crippen LogP contribution < -0.4 is 5.32 Å². The van der Waals surface area contributed by atoms with Crippen molar-refractivity contribution in [3.63, 3.8) is 0 Å². The van der Waals surface area contributed by atoms with Crippen molar-refractivity contribution >= 4 is 12.2 Å². The summed E-state index contributed by atoms with van der Waals surface area (Å²) in [6.45, 7) is 6.84. The quantitative estimate of drug-likeness (QED) is 0.722. The van der Waals surface area contributed by atoms with Gasteiger partial charge in [-0.1, -0.05) is 54.6 Å². The van der Waals surface area contributed by atoms with Gasteiger partial charge in [-0.25, -0.2) is 9.59 Å². The maximum absolute atomic E-state index is 12.3. The van der Waals surface area contributed by atoms with E-state index in [9.17, 15) is 14.7 Å². The Balaban J connectivity index is 1.52. The Morgan fingerprint density at radius 1 is 1.03 bits per heavy atom. The zero-order valence-corrected chi connectivity index (χ0v) is 19.0. The average Bonchev–Trinajstić information content (AvgIpc) is 2.76. The van der Waals surface area contributed by atoms with E-state index < -0.39 is 17.3 Å². The van der Waals surface area contributed by atoms with Crippen LogP contribution in [0.4, 0.5) is 9.59 Å². The van der Waals surface area contributed by atoms with Crippen LogP contribution in [0.1, 0.15) is 50.3 Å². The lowest BCUT2D eigenvalue weighted by Crippen LogP contribution is -2.46. The molecule has 7 heteroatoms. The van der Waals surface area contributed by atoms with Crippen molar-refractivity contribution in [3.05, 3.63) is 71.3 Å². The third-order valence-corrected chi connectivity index (χ3v) is 5.36. The maximum Gasteiger partial charge on any atom is 0.410 e. The Morgan fingerprint density at radius 3 is 2.34 bits per heavy atom. The lowest BCUT2D eigenvalue weighted by atomic mass is 9.84. The number of likely N-dealkylation sites (tertiary alicyclic amines) is 1. The summed E-state index contributed by atoms with van der Waals surface area (Å²) < 4.78 is 10.7. The highest BCUT2D eigenvalue weighted by Gasteiger charge is 2.36. The second-order valence-corrected chi connectivity index (χ2v) is 9.11. The molecule has 0 spiro atoms. The van der Waals surface area contributed by atoms with E-state index in [1.165, 1.54) is 0 Å². The molecule has 1 heterocycles. The predicted molar refractivity (Wildman–Crippen MR) is 121 cm³/mol. The molecular weight excluding hydrogens is 408 g/mol. The molecule has 2 amide bonds. The fraction of sp³-hybridized carbons (Fsp3) is 0.440. The van der Waals surface area contributed by atoms with E-state index in [-0.39, 0.29) is 12.7 Å². The normalized spacial score (nSPS) is 15.7. The molecule has 172 valence electrons. The summed E-state index contributed by atoms with van der Waals surface area (Å²) >= 11 is 0. The van der Waals surface area contributed by atoms with E-state index in [1.54, 1.807) is 4.90 Å². The number of aliphatic hydroxyl groups is 1. The molecule has 2 aromatic carbocycles. The van der Waals surface area contributed by atoms with Crippen molar-refractivity contribution in [1.82, 2.24) is 10.2 Å². The van der Waals surface area contributed by atoms with Gasteiger partial charge in [0.2, 0.25) is 0 Å². The molecule has 0 saturated carbocycles. The molecule has 2 N–H and O–H groups in total. The van der Waals surface area contributed by atoms with Crippen molar-refractivity contribution in [1.29, 1.82) is 0 Å². The van der Waals surface area contributed by atoms with Crippen molar-refractivity contribution in [2.75, 3.05) is 13.1 Å². The summed E-state index contributed by atoms with van der Waals surface area (Å²) in [4.78, 5) is 25.9. The highest BCUT2D eigenvalue weighted by atomic mass is 16.6. The zero-order valence-electron chi connectivity index (χ0n) is 19.0. The minimum absolute atomic E-state index is 0.209. The van der Waals surface area contributed by atoms with E-state index in [4.69, 9.17) is 9.47 Å². The number of benzene rings is 2. The number of nitrogens with one attached hydrogen (secondary N) is 1.